The first-order valence-corrected chi connectivity index (χ1v) is 8.03. The summed E-state index contributed by atoms with van der Waals surface area (Å²) >= 11 is 0. The topological polar surface area (TPSA) is 104 Å². The van der Waals surface area contributed by atoms with Crippen molar-refractivity contribution in [3.8, 4) is 5.75 Å². The fourth-order valence-corrected chi connectivity index (χ4v) is 3.95. The molecule has 0 radical (unpaired) electrons. The second-order valence-electron chi connectivity index (χ2n) is 4.94. The Kier molecular flexibility index (Phi) is 4.17. The van der Waals surface area contributed by atoms with Gasteiger partial charge in [-0.3, -0.25) is 4.72 Å². The van der Waals surface area contributed by atoms with Crippen LogP contribution in [0.15, 0.2) is 18.2 Å². The number of aromatic hydroxyl groups is 1. The molecule has 0 aromatic heterocycles. The molecule has 20 heavy (non-hydrogen) atoms. The Balaban J connectivity index is 2.24. The number of carboxylic acid groups (broad SMARTS) is 1. The van der Waals surface area contributed by atoms with E-state index in [9.17, 15) is 18.3 Å². The molecule has 2 rings (SSSR count). The first kappa shape index (κ1) is 14.6. The van der Waals surface area contributed by atoms with E-state index in [-0.39, 0.29) is 17.0 Å². The minimum absolute atomic E-state index is 0.0795. The Hall–Kier alpha value is -1.76. The van der Waals surface area contributed by atoms with Crippen LogP contribution in [-0.4, -0.2) is 29.9 Å². The van der Waals surface area contributed by atoms with Gasteiger partial charge in [-0.2, -0.15) is 0 Å². The van der Waals surface area contributed by atoms with Gasteiger partial charge in [0.25, 0.3) is 0 Å². The highest BCUT2D eigenvalue weighted by molar-refractivity contribution is 7.93. The third kappa shape index (κ3) is 3.22. The Labute approximate surface area is 117 Å². The van der Waals surface area contributed by atoms with E-state index in [0.717, 1.165) is 25.3 Å². The molecule has 1 aromatic rings. The van der Waals surface area contributed by atoms with Gasteiger partial charge in [-0.05, 0) is 31.0 Å². The number of phenols is 1. The van der Waals surface area contributed by atoms with E-state index in [0.29, 0.717) is 12.8 Å². The van der Waals surface area contributed by atoms with Crippen molar-refractivity contribution >= 4 is 21.7 Å². The summed E-state index contributed by atoms with van der Waals surface area (Å²) in [6, 6.07) is 3.51. The Bertz CT molecular complexity index is 605. The first-order chi connectivity index (χ1) is 9.40. The average molecular weight is 299 g/mol. The standard InChI is InChI=1S/C13H17NO5S/c15-12-7-6-9(13(16)17)8-11(12)14-20(18,19)10-4-2-1-3-5-10/h6-8,10,14-15H,1-5H2,(H,16,17). The number of nitrogens with one attached hydrogen (secondary N) is 1. The molecule has 0 bridgehead atoms. The average Bonchev–Trinajstić information content (AvgIpc) is 2.42. The summed E-state index contributed by atoms with van der Waals surface area (Å²) in [7, 11) is -3.60. The molecule has 0 atom stereocenters. The third-order valence-corrected chi connectivity index (χ3v) is 5.34. The molecule has 0 heterocycles. The number of carboxylic acids is 1. The van der Waals surface area contributed by atoms with Crippen molar-refractivity contribution in [1.82, 2.24) is 0 Å². The highest BCUT2D eigenvalue weighted by Gasteiger charge is 2.28. The summed E-state index contributed by atoms with van der Waals surface area (Å²) in [6.07, 6.45) is 3.95. The van der Waals surface area contributed by atoms with Crippen molar-refractivity contribution < 1.29 is 23.4 Å². The monoisotopic (exact) mass is 299 g/mol. The molecule has 7 heteroatoms. The van der Waals surface area contributed by atoms with Gasteiger partial charge in [-0.15, -0.1) is 0 Å². The molecule has 1 saturated carbocycles. The van der Waals surface area contributed by atoms with Gasteiger partial charge < -0.3 is 10.2 Å². The maximum atomic E-state index is 12.2. The van der Waals surface area contributed by atoms with Gasteiger partial charge in [-0.1, -0.05) is 19.3 Å². The van der Waals surface area contributed by atoms with Crippen molar-refractivity contribution in [3.05, 3.63) is 23.8 Å². The van der Waals surface area contributed by atoms with E-state index < -0.39 is 21.2 Å². The minimum Gasteiger partial charge on any atom is -0.506 e. The lowest BCUT2D eigenvalue weighted by atomic mass is 10.0. The number of benzene rings is 1. The van der Waals surface area contributed by atoms with Gasteiger partial charge in [0, 0.05) is 0 Å². The predicted octanol–water partition coefficient (Wildman–Crippen LogP) is 2.16. The summed E-state index contributed by atoms with van der Waals surface area (Å²) in [5.74, 6) is -1.46. The summed E-state index contributed by atoms with van der Waals surface area (Å²) in [5, 5.41) is 18.1. The molecule has 6 nitrogen and oxygen atoms in total. The van der Waals surface area contributed by atoms with Crippen LogP contribution in [-0.2, 0) is 10.0 Å². The Morgan fingerprint density at radius 2 is 1.85 bits per heavy atom. The largest absolute Gasteiger partial charge is 0.506 e. The van der Waals surface area contributed by atoms with Crippen molar-refractivity contribution in [2.24, 2.45) is 0 Å². The number of anilines is 1. The van der Waals surface area contributed by atoms with Gasteiger partial charge in [0.05, 0.1) is 16.5 Å². The first-order valence-electron chi connectivity index (χ1n) is 6.48. The molecule has 1 aromatic carbocycles. The number of hydrogen-bond donors (Lipinski definition) is 3. The highest BCUT2D eigenvalue weighted by Crippen LogP contribution is 2.29. The molecule has 110 valence electrons. The lowest BCUT2D eigenvalue weighted by molar-refractivity contribution is 0.0697. The molecule has 1 fully saturated rings. The number of phenolic OH excluding ortho intramolecular Hbond substituents is 1. The van der Waals surface area contributed by atoms with Gasteiger partial charge in [-0.25, -0.2) is 13.2 Å². The second kappa shape index (κ2) is 5.70. The van der Waals surface area contributed by atoms with Crippen LogP contribution in [0.3, 0.4) is 0 Å². The molecular weight excluding hydrogens is 282 g/mol. The summed E-state index contributed by atoms with van der Waals surface area (Å²) < 4.78 is 26.7. The van der Waals surface area contributed by atoms with Crippen molar-refractivity contribution in [1.29, 1.82) is 0 Å². The van der Waals surface area contributed by atoms with Crippen molar-refractivity contribution in [3.63, 3.8) is 0 Å². The molecule has 0 aliphatic heterocycles. The zero-order valence-corrected chi connectivity index (χ0v) is 11.7. The van der Waals surface area contributed by atoms with E-state index in [1.54, 1.807) is 0 Å². The van der Waals surface area contributed by atoms with Crippen LogP contribution in [0.5, 0.6) is 5.75 Å². The number of hydrogen-bond acceptors (Lipinski definition) is 4. The molecule has 1 aliphatic carbocycles. The van der Waals surface area contributed by atoms with Crippen LogP contribution >= 0.6 is 0 Å². The number of carbonyl (C=O) groups is 1. The Morgan fingerprint density at radius 1 is 1.20 bits per heavy atom. The van der Waals surface area contributed by atoms with Crippen molar-refractivity contribution in [2.45, 2.75) is 37.4 Å². The van der Waals surface area contributed by atoms with Crippen LogP contribution in [0.1, 0.15) is 42.5 Å². The van der Waals surface area contributed by atoms with E-state index >= 15 is 0 Å². The van der Waals surface area contributed by atoms with Gasteiger partial charge in [0.2, 0.25) is 10.0 Å². The fraction of sp³-hybridized carbons (Fsp3) is 0.462. The van der Waals surface area contributed by atoms with Crippen LogP contribution in [0.2, 0.25) is 0 Å². The lowest BCUT2D eigenvalue weighted by Gasteiger charge is -2.22. The highest BCUT2D eigenvalue weighted by atomic mass is 32.2. The lowest BCUT2D eigenvalue weighted by Crippen LogP contribution is -2.29. The van der Waals surface area contributed by atoms with Gasteiger partial charge in [0.15, 0.2) is 0 Å². The summed E-state index contributed by atoms with van der Waals surface area (Å²) in [4.78, 5) is 10.9. The van der Waals surface area contributed by atoms with Crippen LogP contribution in [0.25, 0.3) is 0 Å². The smallest absolute Gasteiger partial charge is 0.335 e. The molecule has 0 amide bonds. The number of sulfonamides is 1. The predicted molar refractivity (Wildman–Crippen MR) is 74.5 cm³/mol. The van der Waals surface area contributed by atoms with E-state index in [1.807, 2.05) is 0 Å². The van der Waals surface area contributed by atoms with Crippen LogP contribution in [0.4, 0.5) is 5.69 Å². The van der Waals surface area contributed by atoms with E-state index in [4.69, 9.17) is 5.11 Å². The van der Waals surface area contributed by atoms with E-state index in [2.05, 4.69) is 4.72 Å². The molecule has 0 unspecified atom stereocenters. The van der Waals surface area contributed by atoms with Crippen LogP contribution < -0.4 is 4.72 Å². The maximum Gasteiger partial charge on any atom is 0.335 e. The Morgan fingerprint density at radius 3 is 2.45 bits per heavy atom. The van der Waals surface area contributed by atoms with Crippen LogP contribution in [0, 0.1) is 0 Å². The fourth-order valence-electron chi connectivity index (χ4n) is 2.36. The molecule has 3 N–H and O–H groups in total. The molecule has 1 aliphatic rings. The molecule has 0 spiro atoms. The molecular formula is C13H17NO5S. The zero-order chi connectivity index (χ0) is 14.8. The van der Waals surface area contributed by atoms with Crippen molar-refractivity contribution in [2.75, 3.05) is 4.72 Å². The van der Waals surface area contributed by atoms with Gasteiger partial charge in [0.1, 0.15) is 5.75 Å². The third-order valence-electron chi connectivity index (χ3n) is 3.49. The molecule has 0 saturated heterocycles. The van der Waals surface area contributed by atoms with Gasteiger partial charge >= 0.3 is 5.97 Å². The normalized spacial score (nSPS) is 16.8. The summed E-state index contributed by atoms with van der Waals surface area (Å²) in [5.41, 5.74) is -0.167. The van der Waals surface area contributed by atoms with E-state index in [1.165, 1.54) is 12.1 Å². The minimum atomic E-state index is -3.60. The SMILES string of the molecule is O=C(O)c1ccc(O)c(NS(=O)(=O)C2CCCCC2)c1. The second-order valence-corrected chi connectivity index (χ2v) is 6.90. The quantitative estimate of drug-likeness (QED) is 0.739. The zero-order valence-electron chi connectivity index (χ0n) is 10.9. The maximum absolute atomic E-state index is 12.2. The number of aromatic carboxylic acids is 1. The summed E-state index contributed by atoms with van der Waals surface area (Å²) in [6.45, 7) is 0. The number of rotatable bonds is 4.